The topological polar surface area (TPSA) is 112 Å². The van der Waals surface area contributed by atoms with Crippen molar-refractivity contribution in [3.05, 3.63) is 60.7 Å². The molecule has 0 saturated carbocycles. The highest BCUT2D eigenvalue weighted by atomic mass is 15.6. The molecule has 0 atom stereocenters. The number of azo groups is 1. The van der Waals surface area contributed by atoms with Crippen LogP contribution >= 0.6 is 0 Å². The number of nitrogens with zero attached hydrogens (tertiary/aromatic N) is 10. The Kier molecular flexibility index (Phi) is 3.52. The summed E-state index contributed by atoms with van der Waals surface area (Å²) in [5.74, 6) is 0.452. The smallest absolute Gasteiger partial charge is 0.176 e. The molecule has 2 aromatic carbocycles. The van der Waals surface area contributed by atoms with Crippen molar-refractivity contribution in [2.24, 2.45) is 10.2 Å². The van der Waals surface area contributed by atoms with Gasteiger partial charge in [-0.1, -0.05) is 46.6 Å². The van der Waals surface area contributed by atoms with Gasteiger partial charge >= 0.3 is 0 Å². The van der Waals surface area contributed by atoms with Crippen molar-refractivity contribution in [2.45, 2.75) is 0 Å². The second kappa shape index (κ2) is 6.12. The van der Waals surface area contributed by atoms with E-state index in [0.29, 0.717) is 0 Å². The summed E-state index contributed by atoms with van der Waals surface area (Å²) in [4.78, 5) is 0. The zero-order chi connectivity index (χ0) is 16.2. The molecule has 0 aliphatic rings. The third kappa shape index (κ3) is 2.63. The van der Waals surface area contributed by atoms with Gasteiger partial charge in [-0.3, -0.25) is 0 Å². The number of hydrogen-bond acceptors (Lipinski definition) is 8. The summed E-state index contributed by atoms with van der Waals surface area (Å²) >= 11 is 0. The summed E-state index contributed by atoms with van der Waals surface area (Å²) in [7, 11) is 0. The Balaban J connectivity index is 1.67. The van der Waals surface area contributed by atoms with Gasteiger partial charge in [-0.15, -0.1) is 10.2 Å². The first-order chi connectivity index (χ1) is 11.9. The lowest BCUT2D eigenvalue weighted by Crippen LogP contribution is -1.96. The summed E-state index contributed by atoms with van der Waals surface area (Å²) in [6, 6.07) is 18.8. The molecule has 116 valence electrons. The van der Waals surface area contributed by atoms with Gasteiger partial charge in [-0.05, 0) is 45.1 Å². The molecule has 2 heterocycles. The van der Waals surface area contributed by atoms with Gasteiger partial charge in [0.2, 0.25) is 0 Å². The standard InChI is InChI=1S/C14H10N10/c1-3-7-11(8-4-1)23-13(17-19-21-23)15-16-14-18-20-22-24(14)12-9-5-2-6-10-12/h1-10H. The maximum atomic E-state index is 4.06. The number of aromatic nitrogens is 8. The highest BCUT2D eigenvalue weighted by Gasteiger charge is 2.10. The van der Waals surface area contributed by atoms with Gasteiger partial charge in [0.15, 0.2) is 0 Å². The summed E-state index contributed by atoms with van der Waals surface area (Å²) in [5, 5.41) is 30.9. The Morgan fingerprint density at radius 3 is 1.42 bits per heavy atom. The molecule has 2 aromatic heterocycles. The number of rotatable bonds is 4. The zero-order valence-corrected chi connectivity index (χ0v) is 12.2. The first-order valence-corrected chi connectivity index (χ1v) is 7.01. The fourth-order valence-electron chi connectivity index (χ4n) is 2.05. The van der Waals surface area contributed by atoms with E-state index in [1.165, 1.54) is 9.36 Å². The van der Waals surface area contributed by atoms with Gasteiger partial charge in [-0.25, -0.2) is 0 Å². The van der Waals surface area contributed by atoms with Gasteiger partial charge in [0.25, 0.3) is 11.9 Å². The molecule has 0 fully saturated rings. The van der Waals surface area contributed by atoms with Gasteiger partial charge < -0.3 is 0 Å². The molecule has 0 bridgehead atoms. The van der Waals surface area contributed by atoms with Gasteiger partial charge in [0.05, 0.1) is 11.4 Å². The van der Waals surface area contributed by atoms with Crippen LogP contribution in [0.25, 0.3) is 11.4 Å². The van der Waals surface area contributed by atoms with E-state index in [9.17, 15) is 0 Å². The minimum atomic E-state index is 0.226. The minimum absolute atomic E-state index is 0.226. The molecule has 0 N–H and O–H groups in total. The van der Waals surface area contributed by atoms with Gasteiger partial charge in [0, 0.05) is 0 Å². The molecule has 4 rings (SSSR count). The van der Waals surface area contributed by atoms with E-state index in [1.54, 1.807) is 0 Å². The van der Waals surface area contributed by atoms with Crippen molar-refractivity contribution in [3.63, 3.8) is 0 Å². The van der Waals surface area contributed by atoms with E-state index in [2.05, 4.69) is 41.3 Å². The summed E-state index contributed by atoms with van der Waals surface area (Å²) in [6.45, 7) is 0. The van der Waals surface area contributed by atoms with E-state index >= 15 is 0 Å². The molecule has 0 saturated heterocycles. The Hall–Kier alpha value is -3.82. The van der Waals surface area contributed by atoms with Crippen LogP contribution in [-0.2, 0) is 0 Å². The fraction of sp³-hybridized carbons (Fsp3) is 0. The number of hydrogen-bond donors (Lipinski definition) is 0. The third-order valence-electron chi connectivity index (χ3n) is 3.14. The van der Waals surface area contributed by atoms with E-state index < -0.39 is 0 Å². The lowest BCUT2D eigenvalue weighted by atomic mass is 10.3. The van der Waals surface area contributed by atoms with Gasteiger partial charge in [0.1, 0.15) is 0 Å². The monoisotopic (exact) mass is 318 g/mol. The van der Waals surface area contributed by atoms with Crippen molar-refractivity contribution >= 4 is 11.9 Å². The summed E-state index contributed by atoms with van der Waals surface area (Å²) in [6.07, 6.45) is 0. The van der Waals surface area contributed by atoms with Crippen LogP contribution in [-0.4, -0.2) is 40.4 Å². The van der Waals surface area contributed by atoms with Crippen LogP contribution in [0.5, 0.6) is 0 Å². The van der Waals surface area contributed by atoms with Crippen LogP contribution in [0.2, 0.25) is 0 Å². The lowest BCUT2D eigenvalue weighted by molar-refractivity contribution is 0.782. The second-order valence-electron chi connectivity index (χ2n) is 4.65. The quantitative estimate of drug-likeness (QED) is 0.532. The van der Waals surface area contributed by atoms with Crippen molar-refractivity contribution in [1.29, 1.82) is 0 Å². The molecule has 0 amide bonds. The van der Waals surface area contributed by atoms with Crippen LogP contribution in [0.1, 0.15) is 0 Å². The maximum absolute atomic E-state index is 4.06. The molecule has 0 aliphatic carbocycles. The number of para-hydroxylation sites is 2. The maximum Gasteiger partial charge on any atom is 0.292 e. The Morgan fingerprint density at radius 1 is 0.583 bits per heavy atom. The molecule has 0 unspecified atom stereocenters. The molecular weight excluding hydrogens is 308 g/mol. The van der Waals surface area contributed by atoms with Crippen molar-refractivity contribution < 1.29 is 0 Å². The highest BCUT2D eigenvalue weighted by molar-refractivity contribution is 5.37. The number of tetrazole rings is 2. The lowest BCUT2D eigenvalue weighted by Gasteiger charge is -2.00. The van der Waals surface area contributed by atoms with Crippen LogP contribution < -0.4 is 0 Å². The average Bonchev–Trinajstić information content (AvgIpc) is 3.30. The Bertz CT molecular complexity index is 878. The van der Waals surface area contributed by atoms with E-state index in [4.69, 9.17) is 0 Å². The molecule has 0 aliphatic heterocycles. The first kappa shape index (κ1) is 13.8. The van der Waals surface area contributed by atoms with E-state index in [0.717, 1.165) is 11.4 Å². The zero-order valence-electron chi connectivity index (χ0n) is 12.2. The van der Waals surface area contributed by atoms with Crippen molar-refractivity contribution in [2.75, 3.05) is 0 Å². The summed E-state index contributed by atoms with van der Waals surface area (Å²) < 4.78 is 2.94. The van der Waals surface area contributed by atoms with E-state index in [-0.39, 0.29) is 11.9 Å². The Labute approximate surface area is 135 Å². The molecule has 0 spiro atoms. The highest BCUT2D eigenvalue weighted by Crippen LogP contribution is 2.18. The molecule has 24 heavy (non-hydrogen) atoms. The van der Waals surface area contributed by atoms with Crippen LogP contribution in [0.4, 0.5) is 11.9 Å². The van der Waals surface area contributed by atoms with Crippen LogP contribution in [0.15, 0.2) is 70.9 Å². The molecule has 10 nitrogen and oxygen atoms in total. The minimum Gasteiger partial charge on any atom is -0.176 e. The Morgan fingerprint density at radius 2 is 1.00 bits per heavy atom. The average molecular weight is 318 g/mol. The predicted octanol–water partition coefficient (Wildman–Crippen LogP) is 2.05. The fourth-order valence-corrected chi connectivity index (χ4v) is 2.05. The molecule has 4 aromatic rings. The normalized spacial score (nSPS) is 11.2. The van der Waals surface area contributed by atoms with Crippen molar-refractivity contribution in [3.8, 4) is 11.4 Å². The summed E-state index contributed by atoms with van der Waals surface area (Å²) in [5.41, 5.74) is 1.55. The molecule has 10 heteroatoms. The molecular formula is C14H10N10. The number of benzene rings is 2. The second-order valence-corrected chi connectivity index (χ2v) is 4.65. The SMILES string of the molecule is c1ccc(-n2nnnc2N=Nc2nnnn2-c2ccccc2)cc1. The first-order valence-electron chi connectivity index (χ1n) is 7.01. The van der Waals surface area contributed by atoms with Crippen LogP contribution in [0.3, 0.4) is 0 Å². The third-order valence-corrected chi connectivity index (χ3v) is 3.14. The van der Waals surface area contributed by atoms with E-state index in [1.807, 2.05) is 60.7 Å². The van der Waals surface area contributed by atoms with Crippen LogP contribution in [0, 0.1) is 0 Å². The largest absolute Gasteiger partial charge is 0.292 e. The van der Waals surface area contributed by atoms with Crippen molar-refractivity contribution in [1.82, 2.24) is 40.4 Å². The van der Waals surface area contributed by atoms with Gasteiger partial charge in [-0.2, -0.15) is 9.36 Å². The molecule has 0 radical (unpaired) electrons. The predicted molar refractivity (Wildman–Crippen MR) is 82.5 cm³/mol.